The maximum Gasteiger partial charge on any atom is 0.261 e. The Bertz CT molecular complexity index is 936. The van der Waals surface area contributed by atoms with Gasteiger partial charge >= 0.3 is 0 Å². The van der Waals surface area contributed by atoms with E-state index >= 15 is 0 Å². The minimum atomic E-state index is -0.312. The van der Waals surface area contributed by atoms with Crippen molar-refractivity contribution in [1.82, 2.24) is 15.1 Å². The van der Waals surface area contributed by atoms with E-state index in [0.717, 1.165) is 19.5 Å². The number of methoxy groups -OCH3 is 1. The number of rotatable bonds is 4. The molecule has 0 aromatic heterocycles. The zero-order valence-electron chi connectivity index (χ0n) is 16.7. The number of imide groups is 1. The Hall–Kier alpha value is -2.90. The third kappa shape index (κ3) is 4.04. The Labute approximate surface area is 181 Å². The molecule has 7 nitrogen and oxygen atoms in total. The van der Waals surface area contributed by atoms with E-state index in [1.165, 1.54) is 12.0 Å². The molecule has 0 aliphatic carbocycles. The molecule has 2 aromatic carbocycles. The summed E-state index contributed by atoms with van der Waals surface area (Å²) in [5.41, 5.74) is 1.99. The summed E-state index contributed by atoms with van der Waals surface area (Å²) in [6.07, 6.45) is 0.892. The van der Waals surface area contributed by atoms with E-state index in [1.807, 2.05) is 4.90 Å². The van der Waals surface area contributed by atoms with Gasteiger partial charge < -0.3 is 15.0 Å². The molecule has 0 atom stereocenters. The van der Waals surface area contributed by atoms with Crippen LogP contribution in [-0.2, 0) is 6.54 Å². The molecule has 1 N–H and O–H groups in total. The van der Waals surface area contributed by atoms with Crippen LogP contribution in [0, 0.1) is 0 Å². The Morgan fingerprint density at radius 3 is 2.40 bits per heavy atom. The second-order valence-electron chi connectivity index (χ2n) is 7.17. The zero-order chi connectivity index (χ0) is 20.4. The average molecular weight is 430 g/mol. The number of fused-ring (bicyclic) bond motifs is 1. The van der Waals surface area contributed by atoms with Gasteiger partial charge in [-0.05, 0) is 42.8 Å². The lowest BCUT2D eigenvalue weighted by atomic mass is 10.1. The van der Waals surface area contributed by atoms with E-state index in [-0.39, 0.29) is 36.7 Å². The molecule has 1 saturated heterocycles. The zero-order valence-corrected chi connectivity index (χ0v) is 17.5. The topological polar surface area (TPSA) is 79.0 Å². The molecule has 2 aliphatic heterocycles. The second-order valence-corrected chi connectivity index (χ2v) is 7.17. The van der Waals surface area contributed by atoms with Crippen LogP contribution in [0.5, 0.6) is 5.75 Å². The minimum absolute atomic E-state index is 0. The van der Waals surface area contributed by atoms with Crippen molar-refractivity contribution in [3.8, 4) is 5.75 Å². The summed E-state index contributed by atoms with van der Waals surface area (Å²) in [5, 5.41) is 3.28. The molecule has 158 valence electrons. The summed E-state index contributed by atoms with van der Waals surface area (Å²) in [5.74, 6) is -0.242. The van der Waals surface area contributed by atoms with Gasteiger partial charge in [0.05, 0.1) is 30.3 Å². The Balaban J connectivity index is 0.00000256. The van der Waals surface area contributed by atoms with Crippen LogP contribution in [0.4, 0.5) is 0 Å². The van der Waals surface area contributed by atoms with Crippen LogP contribution in [0.15, 0.2) is 42.5 Å². The van der Waals surface area contributed by atoms with E-state index < -0.39 is 0 Å². The second kappa shape index (κ2) is 9.28. The molecule has 8 heteroatoms. The lowest BCUT2D eigenvalue weighted by molar-refractivity contribution is 0.0642. The number of amides is 3. The predicted octanol–water partition coefficient (Wildman–Crippen LogP) is 2.35. The van der Waals surface area contributed by atoms with Crippen molar-refractivity contribution < 1.29 is 19.1 Å². The highest BCUT2D eigenvalue weighted by Crippen LogP contribution is 2.27. The van der Waals surface area contributed by atoms with Crippen molar-refractivity contribution in [2.24, 2.45) is 0 Å². The van der Waals surface area contributed by atoms with Crippen LogP contribution >= 0.6 is 12.4 Å². The number of nitrogens with one attached hydrogen (secondary N) is 1. The summed E-state index contributed by atoms with van der Waals surface area (Å²) in [4.78, 5) is 41.4. The van der Waals surface area contributed by atoms with Gasteiger partial charge in [-0.15, -0.1) is 12.4 Å². The standard InChI is InChI=1S/C22H23N3O4.ClH/c1-29-19-8-7-15(13-18(19)20(26)24-11-4-9-23-10-12-24)14-25-21(27)16-5-2-3-6-17(16)22(25)28;/h2-3,5-8,13,23H,4,9-12,14H2,1H3;1H. The first-order valence-electron chi connectivity index (χ1n) is 9.72. The molecule has 1 fully saturated rings. The highest BCUT2D eigenvalue weighted by molar-refractivity contribution is 6.21. The van der Waals surface area contributed by atoms with Gasteiger partial charge in [0.1, 0.15) is 5.75 Å². The van der Waals surface area contributed by atoms with Gasteiger partial charge in [-0.3, -0.25) is 19.3 Å². The summed E-state index contributed by atoms with van der Waals surface area (Å²) in [6, 6.07) is 12.0. The first-order valence-corrected chi connectivity index (χ1v) is 9.72. The van der Waals surface area contributed by atoms with Gasteiger partial charge in [-0.2, -0.15) is 0 Å². The van der Waals surface area contributed by atoms with Gasteiger partial charge in [-0.25, -0.2) is 0 Å². The van der Waals surface area contributed by atoms with Gasteiger partial charge in [0, 0.05) is 19.6 Å². The third-order valence-corrected chi connectivity index (χ3v) is 5.34. The lowest BCUT2D eigenvalue weighted by Crippen LogP contribution is -2.34. The molecular formula is C22H24ClN3O4. The number of hydrogen-bond donors (Lipinski definition) is 1. The van der Waals surface area contributed by atoms with E-state index in [4.69, 9.17) is 4.74 Å². The van der Waals surface area contributed by atoms with Gasteiger partial charge in [0.2, 0.25) is 0 Å². The molecular weight excluding hydrogens is 406 g/mol. The van der Waals surface area contributed by atoms with E-state index in [0.29, 0.717) is 41.1 Å². The Morgan fingerprint density at radius 2 is 1.73 bits per heavy atom. The van der Waals surface area contributed by atoms with Crippen molar-refractivity contribution in [2.45, 2.75) is 13.0 Å². The van der Waals surface area contributed by atoms with Gasteiger partial charge in [-0.1, -0.05) is 18.2 Å². The first-order chi connectivity index (χ1) is 14.1. The first kappa shape index (κ1) is 21.8. The lowest BCUT2D eigenvalue weighted by Gasteiger charge is -2.22. The average Bonchev–Trinajstić information content (AvgIpc) is 2.94. The molecule has 3 amide bonds. The molecule has 4 rings (SSSR count). The van der Waals surface area contributed by atoms with Crippen molar-refractivity contribution in [3.05, 3.63) is 64.7 Å². The number of nitrogens with zero attached hydrogens (tertiary/aromatic N) is 2. The number of carbonyl (C=O) groups is 3. The number of carbonyl (C=O) groups excluding carboxylic acids is 3. The smallest absolute Gasteiger partial charge is 0.261 e. The number of ether oxygens (including phenoxy) is 1. The Morgan fingerprint density at radius 1 is 1.03 bits per heavy atom. The van der Waals surface area contributed by atoms with Crippen LogP contribution < -0.4 is 10.1 Å². The fourth-order valence-corrected chi connectivity index (χ4v) is 3.81. The summed E-state index contributed by atoms with van der Waals surface area (Å²) in [7, 11) is 1.53. The minimum Gasteiger partial charge on any atom is -0.496 e. The maximum absolute atomic E-state index is 13.1. The molecule has 0 spiro atoms. The van der Waals surface area contributed by atoms with E-state index in [1.54, 1.807) is 42.5 Å². The molecule has 2 heterocycles. The fraction of sp³-hybridized carbons (Fsp3) is 0.318. The van der Waals surface area contributed by atoms with E-state index in [2.05, 4.69) is 5.32 Å². The fourth-order valence-electron chi connectivity index (χ4n) is 3.81. The third-order valence-electron chi connectivity index (χ3n) is 5.34. The predicted molar refractivity (Wildman–Crippen MR) is 114 cm³/mol. The van der Waals surface area contributed by atoms with Crippen molar-refractivity contribution in [2.75, 3.05) is 33.3 Å². The number of hydrogen-bond acceptors (Lipinski definition) is 5. The monoisotopic (exact) mass is 429 g/mol. The number of halogens is 1. The van der Waals surface area contributed by atoms with Crippen molar-refractivity contribution in [1.29, 1.82) is 0 Å². The molecule has 0 unspecified atom stereocenters. The van der Waals surface area contributed by atoms with Crippen molar-refractivity contribution in [3.63, 3.8) is 0 Å². The normalized spacial score (nSPS) is 16.0. The SMILES string of the molecule is COc1ccc(CN2C(=O)c3ccccc3C2=O)cc1C(=O)N1CCCNCC1.Cl. The molecule has 0 saturated carbocycles. The molecule has 2 aromatic rings. The quantitative estimate of drug-likeness (QED) is 0.755. The van der Waals surface area contributed by atoms with Crippen LogP contribution in [-0.4, -0.2) is 60.8 Å². The Kier molecular flexibility index (Phi) is 6.74. The summed E-state index contributed by atoms with van der Waals surface area (Å²) >= 11 is 0. The van der Waals surface area contributed by atoms with Crippen LogP contribution in [0.1, 0.15) is 43.1 Å². The largest absolute Gasteiger partial charge is 0.496 e. The molecule has 0 bridgehead atoms. The molecule has 30 heavy (non-hydrogen) atoms. The van der Waals surface area contributed by atoms with Gasteiger partial charge in [0.15, 0.2) is 0 Å². The van der Waals surface area contributed by atoms with E-state index in [9.17, 15) is 14.4 Å². The van der Waals surface area contributed by atoms with Crippen molar-refractivity contribution >= 4 is 30.1 Å². The van der Waals surface area contributed by atoms with Crippen LogP contribution in [0.2, 0.25) is 0 Å². The van der Waals surface area contributed by atoms with Gasteiger partial charge in [0.25, 0.3) is 17.7 Å². The maximum atomic E-state index is 13.1. The summed E-state index contributed by atoms with van der Waals surface area (Å²) in [6.45, 7) is 3.06. The number of benzene rings is 2. The molecule has 0 radical (unpaired) electrons. The summed E-state index contributed by atoms with van der Waals surface area (Å²) < 4.78 is 5.40. The highest BCUT2D eigenvalue weighted by atomic mass is 35.5. The van der Waals surface area contributed by atoms with Crippen LogP contribution in [0.25, 0.3) is 0 Å². The van der Waals surface area contributed by atoms with Crippen LogP contribution in [0.3, 0.4) is 0 Å². The highest BCUT2D eigenvalue weighted by Gasteiger charge is 2.35. The molecule has 2 aliphatic rings.